The summed E-state index contributed by atoms with van der Waals surface area (Å²) < 4.78 is 0. The predicted molar refractivity (Wildman–Crippen MR) is 162 cm³/mol. The van der Waals surface area contributed by atoms with Crippen LogP contribution in [0.4, 0.5) is 11.4 Å². The molecule has 2 aliphatic rings. The third kappa shape index (κ3) is 5.21. The zero-order chi connectivity index (χ0) is 30.8. The van der Waals surface area contributed by atoms with Crippen LogP contribution in [0.25, 0.3) is 0 Å². The molecule has 222 valence electrons. The van der Waals surface area contributed by atoms with E-state index in [9.17, 15) is 29.4 Å². The van der Waals surface area contributed by atoms with Crippen LogP contribution in [0.15, 0.2) is 121 Å². The van der Waals surface area contributed by atoms with Crippen molar-refractivity contribution in [3.8, 4) is 0 Å². The van der Waals surface area contributed by atoms with Gasteiger partial charge in [0.2, 0.25) is 11.8 Å². The molecule has 0 radical (unpaired) electrons. The summed E-state index contributed by atoms with van der Waals surface area (Å²) in [6, 6.07) is 29.9. The SMILES string of the molecule is O=C(O)[C@@H]1[C@@H](C(=O)Nc2ccccc2)N2[C@@H](c3ccccc3)[C@H](C(=O)O)[C@H](C(=O)Nc3ccccc3)N2[C@@H]1c1ccccc1. The van der Waals surface area contributed by atoms with Gasteiger partial charge in [0.05, 0.1) is 12.1 Å². The lowest BCUT2D eigenvalue weighted by atomic mass is 9.82. The number of fused-ring (bicyclic) bond motifs is 1. The Morgan fingerprint density at radius 2 is 0.773 bits per heavy atom. The van der Waals surface area contributed by atoms with Crippen LogP contribution in [0, 0.1) is 11.8 Å². The molecule has 2 amide bonds. The molecule has 0 unspecified atom stereocenters. The van der Waals surface area contributed by atoms with Gasteiger partial charge in [-0.15, -0.1) is 0 Å². The second kappa shape index (κ2) is 12.1. The number of rotatable bonds is 8. The third-order valence-electron chi connectivity index (χ3n) is 8.24. The van der Waals surface area contributed by atoms with Crippen molar-refractivity contribution in [2.75, 3.05) is 10.6 Å². The molecular weight excluding hydrogens is 560 g/mol. The molecular formula is C34H30N4O6. The maximum absolute atomic E-state index is 14.2. The van der Waals surface area contributed by atoms with Crippen LogP contribution < -0.4 is 10.6 Å². The van der Waals surface area contributed by atoms with E-state index >= 15 is 0 Å². The van der Waals surface area contributed by atoms with Crippen molar-refractivity contribution in [1.82, 2.24) is 10.0 Å². The Balaban J connectivity index is 1.56. The lowest BCUT2D eigenvalue weighted by Crippen LogP contribution is -2.48. The Bertz CT molecular complexity index is 1530. The minimum Gasteiger partial charge on any atom is -0.481 e. The lowest BCUT2D eigenvalue weighted by molar-refractivity contribution is -0.147. The van der Waals surface area contributed by atoms with E-state index in [1.54, 1.807) is 121 Å². The molecule has 2 heterocycles. The first-order valence-electron chi connectivity index (χ1n) is 14.2. The summed E-state index contributed by atoms with van der Waals surface area (Å²) in [6.07, 6.45) is 0. The van der Waals surface area contributed by atoms with Crippen LogP contribution in [0.5, 0.6) is 0 Å². The third-order valence-corrected chi connectivity index (χ3v) is 8.24. The summed E-state index contributed by atoms with van der Waals surface area (Å²) in [5, 5.41) is 30.2. The molecule has 6 atom stereocenters. The zero-order valence-corrected chi connectivity index (χ0v) is 23.4. The van der Waals surface area contributed by atoms with Gasteiger partial charge in [-0.05, 0) is 35.4 Å². The number of carboxylic acids is 2. The van der Waals surface area contributed by atoms with Gasteiger partial charge in [0.25, 0.3) is 0 Å². The van der Waals surface area contributed by atoms with Gasteiger partial charge in [-0.25, -0.2) is 10.0 Å². The molecule has 0 aromatic heterocycles. The number of hydrogen-bond donors (Lipinski definition) is 4. The van der Waals surface area contributed by atoms with Gasteiger partial charge < -0.3 is 20.8 Å². The molecule has 6 rings (SSSR count). The number of nitrogens with zero attached hydrogens (tertiary/aromatic N) is 2. The highest BCUT2D eigenvalue weighted by Gasteiger charge is 2.67. The average Bonchev–Trinajstić information content (AvgIpc) is 3.56. The normalized spacial score (nSPS) is 24.7. The molecule has 0 saturated carbocycles. The van der Waals surface area contributed by atoms with Crippen LogP contribution >= 0.6 is 0 Å². The monoisotopic (exact) mass is 590 g/mol. The van der Waals surface area contributed by atoms with E-state index in [1.807, 2.05) is 0 Å². The van der Waals surface area contributed by atoms with Crippen LogP contribution in [0.2, 0.25) is 0 Å². The van der Waals surface area contributed by atoms with Gasteiger partial charge in [-0.2, -0.15) is 0 Å². The van der Waals surface area contributed by atoms with E-state index in [-0.39, 0.29) is 0 Å². The fourth-order valence-corrected chi connectivity index (χ4v) is 6.53. The average molecular weight is 591 g/mol. The summed E-state index contributed by atoms with van der Waals surface area (Å²) in [5.41, 5.74) is 1.99. The number of hydrogen-bond acceptors (Lipinski definition) is 6. The molecule has 0 aliphatic carbocycles. The molecule has 10 nitrogen and oxygen atoms in total. The molecule has 4 aromatic rings. The highest BCUT2D eigenvalue weighted by Crippen LogP contribution is 2.55. The van der Waals surface area contributed by atoms with E-state index in [0.717, 1.165) is 0 Å². The number of carbonyl (C=O) groups is 4. The van der Waals surface area contributed by atoms with E-state index in [0.29, 0.717) is 22.5 Å². The van der Waals surface area contributed by atoms with E-state index in [2.05, 4.69) is 10.6 Å². The van der Waals surface area contributed by atoms with E-state index in [1.165, 1.54) is 10.0 Å². The molecule has 2 saturated heterocycles. The highest BCUT2D eigenvalue weighted by atomic mass is 16.4. The Morgan fingerprint density at radius 3 is 1.07 bits per heavy atom. The summed E-state index contributed by atoms with van der Waals surface area (Å²) in [5.74, 6) is -6.45. The largest absolute Gasteiger partial charge is 0.481 e. The van der Waals surface area contributed by atoms with Crippen LogP contribution in [0.1, 0.15) is 23.2 Å². The van der Waals surface area contributed by atoms with Crippen molar-refractivity contribution >= 4 is 35.1 Å². The second-order valence-corrected chi connectivity index (χ2v) is 10.8. The first-order valence-corrected chi connectivity index (χ1v) is 14.2. The van der Waals surface area contributed by atoms with Gasteiger partial charge in [0.1, 0.15) is 23.9 Å². The first kappa shape index (κ1) is 28.8. The minimum absolute atomic E-state index is 0.458. The molecule has 4 N–H and O–H groups in total. The van der Waals surface area contributed by atoms with Gasteiger partial charge in [-0.3, -0.25) is 19.2 Å². The van der Waals surface area contributed by atoms with Gasteiger partial charge in [0.15, 0.2) is 0 Å². The van der Waals surface area contributed by atoms with Gasteiger partial charge in [0, 0.05) is 11.4 Å². The number of benzene rings is 4. The Kier molecular flexibility index (Phi) is 7.93. The van der Waals surface area contributed by atoms with Crippen molar-refractivity contribution < 1.29 is 29.4 Å². The number of anilines is 2. The molecule has 2 aliphatic heterocycles. The number of nitrogens with one attached hydrogen (secondary N) is 2. The number of carbonyl (C=O) groups excluding carboxylic acids is 2. The fourth-order valence-electron chi connectivity index (χ4n) is 6.53. The highest BCUT2D eigenvalue weighted by molar-refractivity contribution is 6.01. The number of aliphatic carboxylic acids is 2. The number of para-hydroxylation sites is 2. The van der Waals surface area contributed by atoms with E-state index < -0.39 is 59.8 Å². The second-order valence-electron chi connectivity index (χ2n) is 10.8. The quantitative estimate of drug-likeness (QED) is 0.236. The lowest BCUT2D eigenvalue weighted by Gasteiger charge is -2.33. The topological polar surface area (TPSA) is 139 Å². The van der Waals surface area contributed by atoms with Gasteiger partial charge in [-0.1, -0.05) is 97.1 Å². The summed E-state index contributed by atoms with van der Waals surface area (Å²) >= 11 is 0. The Morgan fingerprint density at radius 1 is 0.477 bits per heavy atom. The maximum atomic E-state index is 14.2. The summed E-state index contributed by atoms with van der Waals surface area (Å²) in [7, 11) is 0. The van der Waals surface area contributed by atoms with Crippen LogP contribution in [0.3, 0.4) is 0 Å². The van der Waals surface area contributed by atoms with Crippen molar-refractivity contribution in [1.29, 1.82) is 0 Å². The van der Waals surface area contributed by atoms with Gasteiger partial charge >= 0.3 is 11.9 Å². The Labute approximate surface area is 253 Å². The fraction of sp³-hybridized carbons (Fsp3) is 0.176. The first-order chi connectivity index (χ1) is 21.4. The van der Waals surface area contributed by atoms with Crippen molar-refractivity contribution in [3.63, 3.8) is 0 Å². The molecule has 2 fully saturated rings. The van der Waals surface area contributed by atoms with E-state index in [4.69, 9.17) is 0 Å². The predicted octanol–water partition coefficient (Wildman–Crippen LogP) is 4.43. The summed E-state index contributed by atoms with van der Waals surface area (Å²) in [6.45, 7) is 0. The van der Waals surface area contributed by atoms with Crippen molar-refractivity contribution in [2.24, 2.45) is 11.8 Å². The molecule has 0 spiro atoms. The molecule has 44 heavy (non-hydrogen) atoms. The molecule has 0 bridgehead atoms. The maximum Gasteiger partial charge on any atom is 0.310 e. The standard InChI is InChI=1S/C34H30N4O6/c39-31(35-23-17-9-3-10-18-23)29-25(33(41)42)27(21-13-5-1-6-14-21)37-30(32(40)36-24-19-11-4-12-20-24)26(34(43)44)28(38(29)37)22-15-7-2-8-16-22/h1-20,25-30H,(H,35,39)(H,36,40)(H,41,42)(H,43,44)/t25-,26-,27-,28+,29+,30-/m0/s1. The minimum atomic E-state index is -1.36. The smallest absolute Gasteiger partial charge is 0.310 e. The number of hydrazine groups is 1. The number of carboxylic acid groups (broad SMARTS) is 2. The summed E-state index contributed by atoms with van der Waals surface area (Å²) in [4.78, 5) is 54.7. The molecule has 10 heteroatoms. The Hall–Kier alpha value is -5.32. The van der Waals surface area contributed by atoms with Crippen molar-refractivity contribution in [3.05, 3.63) is 132 Å². The van der Waals surface area contributed by atoms with Crippen LogP contribution in [-0.4, -0.2) is 56.1 Å². The van der Waals surface area contributed by atoms with Crippen LogP contribution in [-0.2, 0) is 19.2 Å². The number of amides is 2. The zero-order valence-electron chi connectivity index (χ0n) is 23.4. The van der Waals surface area contributed by atoms with Crippen molar-refractivity contribution in [2.45, 2.75) is 24.2 Å². The molecule has 4 aromatic carbocycles.